The van der Waals surface area contributed by atoms with Gasteiger partial charge in [-0.2, -0.15) is 13.2 Å². The van der Waals surface area contributed by atoms with Gasteiger partial charge in [0, 0.05) is 36.8 Å². The number of pyridine rings is 2. The van der Waals surface area contributed by atoms with E-state index < -0.39 is 18.0 Å². The van der Waals surface area contributed by atoms with Gasteiger partial charge in [-0.1, -0.05) is 12.1 Å². The predicted molar refractivity (Wildman–Crippen MR) is 120 cm³/mol. The molecule has 1 saturated heterocycles. The number of ether oxygens (including phenoxy) is 1. The largest absolute Gasteiger partial charge is 0.494 e. The molecule has 4 aromatic rings. The van der Waals surface area contributed by atoms with Crippen LogP contribution in [-0.2, 0) is 0 Å². The monoisotopic (exact) mass is 496 g/mol. The van der Waals surface area contributed by atoms with E-state index in [2.05, 4.69) is 15.2 Å². The van der Waals surface area contributed by atoms with Gasteiger partial charge in [0.25, 0.3) is 0 Å². The molecule has 0 aliphatic carbocycles. The first kappa shape index (κ1) is 24.1. The molecular formula is C22H21ClF4N6O. The molecule has 1 aliphatic heterocycles. The number of alkyl halides is 3. The number of nitrogens with zero attached hydrogens (tertiary/aromatic N) is 5. The summed E-state index contributed by atoms with van der Waals surface area (Å²) in [6.07, 6.45) is -2.57. The smallest absolute Gasteiger partial charge is 0.408 e. The molecule has 1 aliphatic rings. The summed E-state index contributed by atoms with van der Waals surface area (Å²) in [6, 6.07) is 6.89. The third-order valence-corrected chi connectivity index (χ3v) is 5.86. The predicted octanol–water partition coefficient (Wildman–Crippen LogP) is 4.15. The SMILES string of the molecule is COc1cc2nc(-c3nnc4ccc([C@H](N5CCC(N)C5)C(F)(F)F)cn34)ccc2cc1F.Cl. The lowest BCUT2D eigenvalue weighted by Gasteiger charge is -2.30. The first-order chi connectivity index (χ1) is 15.7. The molecule has 7 nitrogen and oxygen atoms in total. The van der Waals surface area contributed by atoms with E-state index >= 15 is 0 Å². The molecule has 0 radical (unpaired) electrons. The van der Waals surface area contributed by atoms with E-state index in [0.717, 1.165) is 0 Å². The molecule has 5 rings (SSSR count). The molecule has 2 atom stereocenters. The topological polar surface area (TPSA) is 81.6 Å². The van der Waals surface area contributed by atoms with Crippen molar-refractivity contribution in [2.24, 2.45) is 5.73 Å². The van der Waals surface area contributed by atoms with Crippen molar-refractivity contribution < 1.29 is 22.3 Å². The van der Waals surface area contributed by atoms with Gasteiger partial charge in [-0.3, -0.25) is 9.30 Å². The van der Waals surface area contributed by atoms with Gasteiger partial charge in [0.15, 0.2) is 23.0 Å². The van der Waals surface area contributed by atoms with Crippen molar-refractivity contribution in [3.8, 4) is 17.3 Å². The Balaban J connectivity index is 0.00000274. The van der Waals surface area contributed by atoms with Crippen molar-refractivity contribution in [1.82, 2.24) is 24.5 Å². The van der Waals surface area contributed by atoms with Crippen LogP contribution < -0.4 is 10.5 Å². The van der Waals surface area contributed by atoms with E-state index in [1.165, 1.54) is 46.9 Å². The average molecular weight is 497 g/mol. The number of halogens is 5. The summed E-state index contributed by atoms with van der Waals surface area (Å²) in [5.41, 5.74) is 7.14. The van der Waals surface area contributed by atoms with Gasteiger partial charge < -0.3 is 10.5 Å². The van der Waals surface area contributed by atoms with Crippen LogP contribution in [0, 0.1) is 5.82 Å². The molecule has 0 bridgehead atoms. The molecule has 3 aromatic heterocycles. The summed E-state index contributed by atoms with van der Waals surface area (Å²) >= 11 is 0. The number of aromatic nitrogens is 4. The molecule has 1 unspecified atom stereocenters. The Morgan fingerprint density at radius 2 is 1.94 bits per heavy atom. The van der Waals surface area contributed by atoms with Gasteiger partial charge >= 0.3 is 6.18 Å². The summed E-state index contributed by atoms with van der Waals surface area (Å²) in [5, 5.41) is 8.75. The van der Waals surface area contributed by atoms with Gasteiger partial charge in [0.1, 0.15) is 11.7 Å². The highest BCUT2D eigenvalue weighted by molar-refractivity contribution is 5.85. The second-order valence-corrected chi connectivity index (χ2v) is 8.08. The van der Waals surface area contributed by atoms with Gasteiger partial charge in [-0.25, -0.2) is 9.37 Å². The maximum atomic E-state index is 14.0. The number of hydrogen-bond acceptors (Lipinski definition) is 6. The van der Waals surface area contributed by atoms with Crippen LogP contribution in [0.4, 0.5) is 17.6 Å². The van der Waals surface area contributed by atoms with Crippen LogP contribution in [0.25, 0.3) is 28.1 Å². The maximum absolute atomic E-state index is 14.0. The van der Waals surface area contributed by atoms with Crippen LogP contribution >= 0.6 is 12.4 Å². The zero-order valence-electron chi connectivity index (χ0n) is 18.0. The van der Waals surface area contributed by atoms with Crippen LogP contribution in [0.5, 0.6) is 5.75 Å². The van der Waals surface area contributed by atoms with E-state index in [1.54, 1.807) is 12.1 Å². The van der Waals surface area contributed by atoms with Crippen LogP contribution in [0.1, 0.15) is 18.0 Å². The summed E-state index contributed by atoms with van der Waals surface area (Å²) in [5.74, 6) is -0.203. The Bertz CT molecular complexity index is 1340. The zero-order valence-corrected chi connectivity index (χ0v) is 18.8. The minimum absolute atomic E-state index is 0. The first-order valence-electron chi connectivity index (χ1n) is 10.3. The fourth-order valence-corrected chi connectivity index (χ4v) is 4.31. The molecule has 1 aromatic carbocycles. The van der Waals surface area contributed by atoms with E-state index in [4.69, 9.17) is 10.5 Å². The Hall–Kier alpha value is -3.02. The van der Waals surface area contributed by atoms with Gasteiger partial charge in [-0.05, 0) is 30.2 Å². The maximum Gasteiger partial charge on any atom is 0.408 e. The summed E-state index contributed by atoms with van der Waals surface area (Å²) in [7, 11) is 1.35. The highest BCUT2D eigenvalue weighted by atomic mass is 35.5. The molecule has 12 heteroatoms. The number of rotatable bonds is 4. The number of fused-ring (bicyclic) bond motifs is 2. The number of hydrogen-bond donors (Lipinski definition) is 1. The molecular weight excluding hydrogens is 476 g/mol. The number of likely N-dealkylation sites (tertiary alicyclic amines) is 1. The van der Waals surface area contributed by atoms with Crippen molar-refractivity contribution in [1.29, 1.82) is 0 Å². The lowest BCUT2D eigenvalue weighted by Crippen LogP contribution is -2.38. The Morgan fingerprint density at radius 1 is 1.15 bits per heavy atom. The molecule has 0 spiro atoms. The number of methoxy groups -OCH3 is 1. The van der Waals surface area contributed by atoms with Gasteiger partial charge in [-0.15, -0.1) is 22.6 Å². The second kappa shape index (κ2) is 8.97. The molecule has 4 heterocycles. The molecule has 0 saturated carbocycles. The average Bonchev–Trinajstić information content (AvgIpc) is 3.38. The van der Waals surface area contributed by atoms with Crippen LogP contribution in [-0.4, -0.2) is 56.9 Å². The van der Waals surface area contributed by atoms with E-state index in [1.807, 2.05) is 0 Å². The Morgan fingerprint density at radius 3 is 2.62 bits per heavy atom. The van der Waals surface area contributed by atoms with E-state index in [9.17, 15) is 17.6 Å². The van der Waals surface area contributed by atoms with Crippen molar-refractivity contribution in [2.45, 2.75) is 24.7 Å². The highest BCUT2D eigenvalue weighted by Crippen LogP contribution is 2.39. The lowest BCUT2D eigenvalue weighted by atomic mass is 10.1. The molecule has 2 N–H and O–H groups in total. The van der Waals surface area contributed by atoms with Crippen molar-refractivity contribution in [2.75, 3.05) is 20.2 Å². The minimum Gasteiger partial charge on any atom is -0.494 e. The fraction of sp³-hybridized carbons (Fsp3) is 0.318. The van der Waals surface area contributed by atoms with Gasteiger partial charge in [0.2, 0.25) is 0 Å². The summed E-state index contributed by atoms with van der Waals surface area (Å²) < 4.78 is 62.6. The molecule has 0 amide bonds. The lowest BCUT2D eigenvalue weighted by molar-refractivity contribution is -0.183. The quantitative estimate of drug-likeness (QED) is 0.427. The van der Waals surface area contributed by atoms with Crippen LogP contribution in [0.2, 0.25) is 0 Å². The van der Waals surface area contributed by atoms with E-state index in [0.29, 0.717) is 28.7 Å². The van der Waals surface area contributed by atoms with Crippen molar-refractivity contribution >= 4 is 29.0 Å². The van der Waals surface area contributed by atoms with Crippen molar-refractivity contribution in [3.05, 3.63) is 54.0 Å². The number of benzene rings is 1. The standard InChI is InChI=1S/C22H20F4N6O.ClH/c1-33-18-9-17-12(8-15(18)23)2-4-16(28-17)21-30-29-19-5-3-13(10-32(19)21)20(22(24,25)26)31-7-6-14(27)11-31;/h2-5,8-10,14,20H,6-7,11,27H2,1H3;1H/t14?,20-;/m0./s1. The highest BCUT2D eigenvalue weighted by Gasteiger charge is 2.46. The summed E-state index contributed by atoms with van der Waals surface area (Å²) in [6.45, 7) is 0.435. The molecule has 1 fully saturated rings. The first-order valence-corrected chi connectivity index (χ1v) is 10.3. The van der Waals surface area contributed by atoms with Crippen molar-refractivity contribution in [3.63, 3.8) is 0 Å². The zero-order chi connectivity index (χ0) is 23.3. The third-order valence-electron chi connectivity index (χ3n) is 5.86. The van der Waals surface area contributed by atoms with Crippen LogP contribution in [0.3, 0.4) is 0 Å². The van der Waals surface area contributed by atoms with Gasteiger partial charge in [0.05, 0.1) is 12.6 Å². The molecule has 34 heavy (non-hydrogen) atoms. The minimum atomic E-state index is -4.48. The number of nitrogens with two attached hydrogens (primary N) is 1. The van der Waals surface area contributed by atoms with E-state index in [-0.39, 0.29) is 48.7 Å². The molecule has 180 valence electrons. The Labute approximate surface area is 197 Å². The Kier molecular flexibility index (Phi) is 6.36. The third kappa shape index (κ3) is 4.26. The second-order valence-electron chi connectivity index (χ2n) is 8.08. The normalized spacial score (nSPS) is 17.8. The summed E-state index contributed by atoms with van der Waals surface area (Å²) in [4.78, 5) is 5.86. The fourth-order valence-electron chi connectivity index (χ4n) is 4.31. The van der Waals surface area contributed by atoms with Crippen LogP contribution in [0.15, 0.2) is 42.6 Å².